The highest BCUT2D eigenvalue weighted by Gasteiger charge is 2.21. The number of methoxy groups -OCH3 is 1. The monoisotopic (exact) mass is 361 g/mol. The van der Waals surface area contributed by atoms with E-state index in [0.29, 0.717) is 0 Å². The minimum Gasteiger partial charge on any atom is -0.497 e. The summed E-state index contributed by atoms with van der Waals surface area (Å²) in [5, 5.41) is 0. The first-order chi connectivity index (χ1) is 10.7. The lowest BCUT2D eigenvalue weighted by atomic mass is 9.90. The Labute approximate surface area is 139 Å². The maximum absolute atomic E-state index is 5.30. The van der Waals surface area contributed by atoms with Crippen LogP contribution in [0.4, 0.5) is 5.95 Å². The van der Waals surface area contributed by atoms with Crippen LogP contribution in [-0.4, -0.2) is 30.2 Å². The number of hydrogen-bond acceptors (Lipinski definition) is 4. The fraction of sp³-hybridized carbons (Fsp3) is 0.412. The third-order valence-electron chi connectivity index (χ3n) is 4.16. The molecule has 5 heteroatoms. The first-order valence-electron chi connectivity index (χ1n) is 7.60. The molecule has 2 aromatic rings. The van der Waals surface area contributed by atoms with E-state index in [4.69, 9.17) is 4.74 Å². The van der Waals surface area contributed by atoms with Crippen molar-refractivity contribution in [3.8, 4) is 5.75 Å². The van der Waals surface area contributed by atoms with Crippen molar-refractivity contribution in [3.05, 3.63) is 46.7 Å². The van der Waals surface area contributed by atoms with Gasteiger partial charge in [0, 0.05) is 25.5 Å². The van der Waals surface area contributed by atoms with Crippen molar-refractivity contribution in [3.63, 3.8) is 0 Å². The molecule has 22 heavy (non-hydrogen) atoms. The lowest BCUT2D eigenvalue weighted by molar-refractivity contribution is 0.396. The zero-order chi connectivity index (χ0) is 15.4. The minimum atomic E-state index is 0.721. The fourth-order valence-electron chi connectivity index (χ4n) is 2.94. The van der Waals surface area contributed by atoms with Gasteiger partial charge in [-0.25, -0.2) is 9.97 Å². The van der Waals surface area contributed by atoms with Crippen LogP contribution in [0.2, 0.25) is 0 Å². The normalized spacial score (nSPS) is 15.8. The van der Waals surface area contributed by atoms with Gasteiger partial charge >= 0.3 is 0 Å². The zero-order valence-electron chi connectivity index (χ0n) is 12.7. The van der Waals surface area contributed by atoms with Crippen LogP contribution in [0, 0.1) is 5.92 Å². The van der Waals surface area contributed by atoms with Crippen LogP contribution in [0.1, 0.15) is 18.4 Å². The molecule has 0 saturated carbocycles. The highest BCUT2D eigenvalue weighted by molar-refractivity contribution is 9.10. The first-order valence-corrected chi connectivity index (χ1v) is 8.39. The van der Waals surface area contributed by atoms with Crippen molar-refractivity contribution < 1.29 is 4.74 Å². The second kappa shape index (κ2) is 7.09. The Morgan fingerprint density at radius 2 is 1.95 bits per heavy atom. The molecule has 0 bridgehead atoms. The van der Waals surface area contributed by atoms with Crippen molar-refractivity contribution in [2.45, 2.75) is 19.3 Å². The van der Waals surface area contributed by atoms with E-state index >= 15 is 0 Å². The molecule has 1 fully saturated rings. The Morgan fingerprint density at radius 1 is 1.23 bits per heavy atom. The van der Waals surface area contributed by atoms with Crippen LogP contribution in [0.15, 0.2) is 41.1 Å². The minimum absolute atomic E-state index is 0.721. The van der Waals surface area contributed by atoms with Crippen LogP contribution in [0.25, 0.3) is 0 Å². The van der Waals surface area contributed by atoms with Gasteiger partial charge < -0.3 is 9.64 Å². The predicted molar refractivity (Wildman–Crippen MR) is 91.4 cm³/mol. The number of anilines is 1. The van der Waals surface area contributed by atoms with Crippen molar-refractivity contribution in [1.29, 1.82) is 0 Å². The molecule has 0 radical (unpaired) electrons. The molecular weight excluding hydrogens is 342 g/mol. The summed E-state index contributed by atoms with van der Waals surface area (Å²) in [6.07, 6.45) is 7.09. The summed E-state index contributed by atoms with van der Waals surface area (Å²) in [5.41, 5.74) is 1.36. The second-order valence-electron chi connectivity index (χ2n) is 5.69. The van der Waals surface area contributed by atoms with E-state index in [0.717, 1.165) is 41.6 Å². The molecule has 4 nitrogen and oxygen atoms in total. The van der Waals surface area contributed by atoms with Gasteiger partial charge in [0.1, 0.15) is 5.75 Å². The van der Waals surface area contributed by atoms with Gasteiger partial charge in [-0.2, -0.15) is 0 Å². The predicted octanol–water partition coefficient (Wildman–Crippen LogP) is 3.71. The molecule has 0 atom stereocenters. The number of piperidine rings is 1. The number of rotatable bonds is 4. The molecule has 0 aliphatic carbocycles. The summed E-state index contributed by atoms with van der Waals surface area (Å²) in [7, 11) is 1.72. The van der Waals surface area contributed by atoms with Crippen LogP contribution < -0.4 is 9.64 Å². The fourth-order valence-corrected chi connectivity index (χ4v) is 3.14. The number of nitrogens with zero attached hydrogens (tertiary/aromatic N) is 3. The summed E-state index contributed by atoms with van der Waals surface area (Å²) in [6, 6.07) is 8.40. The Bertz CT molecular complexity index is 610. The van der Waals surface area contributed by atoms with Crippen molar-refractivity contribution >= 4 is 21.9 Å². The van der Waals surface area contributed by atoms with Crippen LogP contribution in [0.5, 0.6) is 5.75 Å². The number of aromatic nitrogens is 2. The van der Waals surface area contributed by atoms with Crippen molar-refractivity contribution in [2.75, 3.05) is 25.1 Å². The number of ether oxygens (including phenoxy) is 1. The average molecular weight is 362 g/mol. The third-order valence-corrected chi connectivity index (χ3v) is 4.57. The smallest absolute Gasteiger partial charge is 0.225 e. The quantitative estimate of drug-likeness (QED) is 0.831. The molecule has 1 aliphatic heterocycles. The van der Waals surface area contributed by atoms with Crippen molar-refractivity contribution in [2.24, 2.45) is 5.92 Å². The Morgan fingerprint density at radius 3 is 2.64 bits per heavy atom. The largest absolute Gasteiger partial charge is 0.497 e. The molecule has 0 spiro atoms. The zero-order valence-corrected chi connectivity index (χ0v) is 14.3. The Kier molecular flexibility index (Phi) is 4.93. The average Bonchev–Trinajstić information content (AvgIpc) is 2.57. The standard InChI is InChI=1S/C17H20BrN3O/c1-22-16-4-2-3-14(10-16)9-13-5-7-21(8-6-13)17-19-11-15(18)12-20-17/h2-4,10-13H,5-9H2,1H3. The molecule has 1 aromatic heterocycles. The van der Waals surface area contributed by atoms with Crippen molar-refractivity contribution in [1.82, 2.24) is 9.97 Å². The van der Waals surface area contributed by atoms with E-state index < -0.39 is 0 Å². The lowest BCUT2D eigenvalue weighted by Crippen LogP contribution is -2.35. The van der Waals surface area contributed by atoms with E-state index in [9.17, 15) is 0 Å². The van der Waals surface area contributed by atoms with Gasteiger partial charge in [0.05, 0.1) is 11.6 Å². The molecular formula is C17H20BrN3O. The van der Waals surface area contributed by atoms with Gasteiger partial charge in [0.25, 0.3) is 0 Å². The highest BCUT2D eigenvalue weighted by Crippen LogP contribution is 2.25. The maximum atomic E-state index is 5.30. The number of benzene rings is 1. The Balaban J connectivity index is 1.56. The molecule has 0 unspecified atom stereocenters. The van der Waals surface area contributed by atoms with Gasteiger partial charge in [-0.3, -0.25) is 0 Å². The summed E-state index contributed by atoms with van der Waals surface area (Å²) in [5.74, 6) is 2.50. The van der Waals surface area contributed by atoms with E-state index in [1.807, 2.05) is 18.5 Å². The summed E-state index contributed by atoms with van der Waals surface area (Å²) >= 11 is 3.37. The molecule has 116 valence electrons. The molecule has 1 saturated heterocycles. The van der Waals surface area contributed by atoms with Gasteiger partial charge in [-0.1, -0.05) is 12.1 Å². The van der Waals surface area contributed by atoms with E-state index in [-0.39, 0.29) is 0 Å². The van der Waals surface area contributed by atoms with Crippen LogP contribution in [0.3, 0.4) is 0 Å². The maximum Gasteiger partial charge on any atom is 0.225 e. The summed E-state index contributed by atoms with van der Waals surface area (Å²) < 4.78 is 6.22. The van der Waals surface area contributed by atoms with E-state index in [1.54, 1.807) is 7.11 Å². The molecule has 3 rings (SSSR count). The van der Waals surface area contributed by atoms with Crippen LogP contribution in [-0.2, 0) is 6.42 Å². The SMILES string of the molecule is COc1cccc(CC2CCN(c3ncc(Br)cn3)CC2)c1. The van der Waals surface area contributed by atoms with Gasteiger partial charge in [-0.05, 0) is 58.8 Å². The Hall–Kier alpha value is -1.62. The van der Waals surface area contributed by atoms with Gasteiger partial charge in [-0.15, -0.1) is 0 Å². The van der Waals surface area contributed by atoms with Gasteiger partial charge in [0.15, 0.2) is 0 Å². The van der Waals surface area contributed by atoms with Crippen LogP contribution >= 0.6 is 15.9 Å². The molecule has 0 N–H and O–H groups in total. The first kappa shape index (κ1) is 15.3. The molecule has 1 aliphatic rings. The summed E-state index contributed by atoms with van der Waals surface area (Å²) in [4.78, 5) is 11.0. The molecule has 2 heterocycles. The number of hydrogen-bond donors (Lipinski definition) is 0. The second-order valence-corrected chi connectivity index (χ2v) is 6.60. The lowest BCUT2D eigenvalue weighted by Gasteiger charge is -2.32. The van der Waals surface area contributed by atoms with E-state index in [1.165, 1.54) is 18.4 Å². The molecule has 0 amide bonds. The number of halogens is 1. The topological polar surface area (TPSA) is 38.2 Å². The summed E-state index contributed by atoms with van der Waals surface area (Å²) in [6.45, 7) is 2.05. The third kappa shape index (κ3) is 3.77. The molecule has 1 aromatic carbocycles. The highest BCUT2D eigenvalue weighted by atomic mass is 79.9. The van der Waals surface area contributed by atoms with E-state index in [2.05, 4.69) is 49.0 Å². The van der Waals surface area contributed by atoms with Gasteiger partial charge in [0.2, 0.25) is 5.95 Å².